The van der Waals surface area contributed by atoms with Crippen molar-refractivity contribution in [3.8, 4) is 0 Å². The molecule has 0 saturated carbocycles. The number of carbonyl (C=O) groups is 1. The van der Waals surface area contributed by atoms with E-state index in [-0.39, 0.29) is 5.78 Å². The van der Waals surface area contributed by atoms with Crippen LogP contribution in [0.1, 0.15) is 28.8 Å². The van der Waals surface area contributed by atoms with Crippen LogP contribution in [0.25, 0.3) is 0 Å². The molecule has 1 aliphatic rings. The molecule has 1 aliphatic heterocycles. The van der Waals surface area contributed by atoms with Gasteiger partial charge in [0.2, 0.25) is 0 Å². The summed E-state index contributed by atoms with van der Waals surface area (Å²) in [5.41, 5.74) is 1.21. The average Bonchev–Trinajstić information content (AvgIpc) is 2.98. The van der Waals surface area contributed by atoms with E-state index < -0.39 is 5.60 Å². The average molecular weight is 266 g/mol. The van der Waals surface area contributed by atoms with Crippen molar-refractivity contribution < 1.29 is 9.53 Å². The Labute approximate surface area is 119 Å². The van der Waals surface area contributed by atoms with Crippen LogP contribution in [0.2, 0.25) is 0 Å². The topological polar surface area (TPSA) is 26.3 Å². The number of benzene rings is 2. The number of hydrogen-bond acceptors (Lipinski definition) is 2. The first-order valence-electron chi connectivity index (χ1n) is 7.08. The van der Waals surface area contributed by atoms with Crippen molar-refractivity contribution in [2.45, 2.75) is 24.9 Å². The Morgan fingerprint density at radius 3 is 2.25 bits per heavy atom. The summed E-state index contributed by atoms with van der Waals surface area (Å²) in [5, 5.41) is 0. The van der Waals surface area contributed by atoms with E-state index in [2.05, 4.69) is 12.1 Å². The van der Waals surface area contributed by atoms with Gasteiger partial charge in [0.15, 0.2) is 5.78 Å². The minimum atomic E-state index is -0.678. The third-order valence-electron chi connectivity index (χ3n) is 3.89. The maximum atomic E-state index is 12.8. The van der Waals surface area contributed by atoms with E-state index in [0.29, 0.717) is 13.0 Å². The highest BCUT2D eigenvalue weighted by Crippen LogP contribution is 2.33. The number of ether oxygens (including phenoxy) is 1. The van der Waals surface area contributed by atoms with E-state index in [9.17, 15) is 4.79 Å². The van der Waals surface area contributed by atoms with Gasteiger partial charge in [-0.1, -0.05) is 60.7 Å². The number of Topliss-reactive ketones (excluding diaryl/α,β-unsaturated/α-hetero) is 1. The van der Waals surface area contributed by atoms with Crippen molar-refractivity contribution >= 4 is 5.78 Å². The van der Waals surface area contributed by atoms with Gasteiger partial charge in [0.25, 0.3) is 0 Å². The van der Waals surface area contributed by atoms with Crippen molar-refractivity contribution in [2.24, 2.45) is 0 Å². The lowest BCUT2D eigenvalue weighted by Crippen LogP contribution is -2.40. The molecule has 1 saturated heterocycles. The van der Waals surface area contributed by atoms with Gasteiger partial charge in [-0.3, -0.25) is 4.79 Å². The third kappa shape index (κ3) is 2.52. The fourth-order valence-corrected chi connectivity index (χ4v) is 2.87. The van der Waals surface area contributed by atoms with E-state index >= 15 is 0 Å². The van der Waals surface area contributed by atoms with Crippen LogP contribution in [0.15, 0.2) is 60.7 Å². The van der Waals surface area contributed by atoms with Crippen LogP contribution >= 0.6 is 0 Å². The number of hydrogen-bond donors (Lipinski definition) is 0. The van der Waals surface area contributed by atoms with Gasteiger partial charge in [0.05, 0.1) is 0 Å². The Hall–Kier alpha value is -1.93. The zero-order valence-electron chi connectivity index (χ0n) is 11.4. The summed E-state index contributed by atoms with van der Waals surface area (Å²) >= 11 is 0. The first kappa shape index (κ1) is 13.1. The zero-order valence-corrected chi connectivity index (χ0v) is 11.4. The molecule has 102 valence electrons. The third-order valence-corrected chi connectivity index (χ3v) is 3.89. The molecule has 1 unspecified atom stereocenters. The molecule has 0 spiro atoms. The molecule has 2 aromatic carbocycles. The van der Waals surface area contributed by atoms with Crippen LogP contribution in [0, 0.1) is 0 Å². The summed E-state index contributed by atoms with van der Waals surface area (Å²) in [7, 11) is 0. The molecule has 0 aromatic heterocycles. The molecule has 1 fully saturated rings. The van der Waals surface area contributed by atoms with E-state index in [1.165, 1.54) is 0 Å². The molecule has 0 bridgehead atoms. The van der Waals surface area contributed by atoms with E-state index in [1.54, 1.807) is 0 Å². The fourth-order valence-electron chi connectivity index (χ4n) is 2.87. The summed E-state index contributed by atoms with van der Waals surface area (Å²) in [5.74, 6) is 0.111. The van der Waals surface area contributed by atoms with Crippen molar-refractivity contribution in [1.82, 2.24) is 0 Å². The molecule has 3 rings (SSSR count). The Morgan fingerprint density at radius 2 is 1.65 bits per heavy atom. The molecule has 0 aliphatic carbocycles. The van der Waals surface area contributed by atoms with Crippen LogP contribution in [0.4, 0.5) is 0 Å². The van der Waals surface area contributed by atoms with Crippen molar-refractivity contribution in [2.75, 3.05) is 6.61 Å². The number of carbonyl (C=O) groups excluding carboxylic acids is 1. The highest BCUT2D eigenvalue weighted by Gasteiger charge is 2.42. The molecule has 0 N–H and O–H groups in total. The summed E-state index contributed by atoms with van der Waals surface area (Å²) < 4.78 is 5.91. The molecular formula is C18H18O2. The number of ketones is 1. The second kappa shape index (κ2) is 5.59. The highest BCUT2D eigenvalue weighted by molar-refractivity contribution is 6.02. The Morgan fingerprint density at radius 1 is 1.00 bits per heavy atom. The lowest BCUT2D eigenvalue weighted by Gasteiger charge is -2.27. The van der Waals surface area contributed by atoms with E-state index in [4.69, 9.17) is 4.74 Å². The lowest BCUT2D eigenvalue weighted by molar-refractivity contribution is 0.0114. The van der Waals surface area contributed by atoms with E-state index in [0.717, 1.165) is 24.0 Å². The quantitative estimate of drug-likeness (QED) is 0.789. The fraction of sp³-hybridized carbons (Fsp3) is 0.278. The van der Waals surface area contributed by atoms with Gasteiger partial charge in [-0.25, -0.2) is 0 Å². The SMILES string of the molecule is O=C(c1ccccc1)C1(Cc2ccccc2)CCCO1. The molecule has 2 heteroatoms. The zero-order chi connectivity index (χ0) is 13.8. The van der Waals surface area contributed by atoms with Crippen molar-refractivity contribution in [3.63, 3.8) is 0 Å². The van der Waals surface area contributed by atoms with Crippen LogP contribution in [0.3, 0.4) is 0 Å². The Balaban J connectivity index is 1.90. The molecule has 2 nitrogen and oxygen atoms in total. The highest BCUT2D eigenvalue weighted by atomic mass is 16.5. The predicted molar refractivity (Wildman–Crippen MR) is 78.8 cm³/mol. The minimum Gasteiger partial charge on any atom is -0.366 e. The van der Waals surface area contributed by atoms with Crippen LogP contribution in [-0.4, -0.2) is 18.0 Å². The molecule has 20 heavy (non-hydrogen) atoms. The Kier molecular flexibility index (Phi) is 3.66. The predicted octanol–water partition coefficient (Wildman–Crippen LogP) is 3.66. The largest absolute Gasteiger partial charge is 0.366 e. The Bertz CT molecular complexity index is 569. The van der Waals surface area contributed by atoms with Gasteiger partial charge in [0.1, 0.15) is 5.60 Å². The lowest BCUT2D eigenvalue weighted by atomic mass is 9.84. The van der Waals surface area contributed by atoms with E-state index in [1.807, 2.05) is 48.5 Å². The van der Waals surface area contributed by atoms with Gasteiger partial charge in [-0.15, -0.1) is 0 Å². The second-order valence-electron chi connectivity index (χ2n) is 5.30. The van der Waals surface area contributed by atoms with Crippen LogP contribution in [0.5, 0.6) is 0 Å². The maximum absolute atomic E-state index is 12.8. The van der Waals surface area contributed by atoms with Crippen molar-refractivity contribution in [1.29, 1.82) is 0 Å². The van der Waals surface area contributed by atoms with Gasteiger partial charge in [-0.05, 0) is 18.4 Å². The summed E-state index contributed by atoms with van der Waals surface area (Å²) in [6.45, 7) is 0.672. The molecule has 0 radical (unpaired) electrons. The normalized spacial score (nSPS) is 21.8. The summed E-state index contributed by atoms with van der Waals surface area (Å²) in [6.07, 6.45) is 2.41. The number of rotatable bonds is 4. The summed E-state index contributed by atoms with van der Waals surface area (Å²) in [4.78, 5) is 12.8. The molecule has 2 aromatic rings. The smallest absolute Gasteiger partial charge is 0.194 e. The standard InChI is InChI=1S/C18H18O2/c19-17(16-10-5-2-6-11-16)18(12-7-13-20-18)14-15-8-3-1-4-9-15/h1-6,8-11H,7,12-14H2. The minimum absolute atomic E-state index is 0.111. The van der Waals surface area contributed by atoms with Gasteiger partial charge in [-0.2, -0.15) is 0 Å². The monoisotopic (exact) mass is 266 g/mol. The summed E-state index contributed by atoms with van der Waals surface area (Å²) in [6, 6.07) is 19.6. The molecule has 1 atom stereocenters. The molecule has 1 heterocycles. The van der Waals surface area contributed by atoms with Crippen molar-refractivity contribution in [3.05, 3.63) is 71.8 Å². The maximum Gasteiger partial charge on any atom is 0.194 e. The van der Waals surface area contributed by atoms with Gasteiger partial charge < -0.3 is 4.74 Å². The molecular weight excluding hydrogens is 248 g/mol. The molecule has 0 amide bonds. The van der Waals surface area contributed by atoms with Gasteiger partial charge >= 0.3 is 0 Å². The first-order chi connectivity index (χ1) is 9.80. The van der Waals surface area contributed by atoms with Crippen LogP contribution < -0.4 is 0 Å². The van der Waals surface area contributed by atoms with Crippen LogP contribution in [-0.2, 0) is 11.2 Å². The first-order valence-corrected chi connectivity index (χ1v) is 7.08. The van der Waals surface area contributed by atoms with Gasteiger partial charge in [0, 0.05) is 18.6 Å². The second-order valence-corrected chi connectivity index (χ2v) is 5.30.